The van der Waals surface area contributed by atoms with Crippen molar-refractivity contribution >= 4 is 27.7 Å². The average molecular weight is 546 g/mol. The van der Waals surface area contributed by atoms with Gasteiger partial charge in [-0.15, -0.1) is 0 Å². The Morgan fingerprint density at radius 1 is 0.947 bits per heavy atom. The first-order chi connectivity index (χ1) is 18.2. The molecule has 3 aliphatic rings. The van der Waals surface area contributed by atoms with Gasteiger partial charge in [-0.2, -0.15) is 4.31 Å². The number of piperidine rings is 1. The fourth-order valence-electron chi connectivity index (χ4n) is 4.97. The average Bonchev–Trinajstić information content (AvgIpc) is 3.36. The molecular formula is C26H28FN3O7S. The molecule has 0 saturated carbocycles. The quantitative estimate of drug-likeness (QED) is 0.505. The zero-order valence-electron chi connectivity index (χ0n) is 20.7. The number of halogens is 1. The number of nitrogens with zero attached hydrogens (tertiary/aromatic N) is 3. The van der Waals surface area contributed by atoms with E-state index in [0.717, 1.165) is 33.6 Å². The van der Waals surface area contributed by atoms with Crippen LogP contribution in [0.15, 0.2) is 53.4 Å². The Balaban J connectivity index is 1.27. The number of sulfonamides is 1. The van der Waals surface area contributed by atoms with Gasteiger partial charge in [-0.3, -0.25) is 19.3 Å². The van der Waals surface area contributed by atoms with Gasteiger partial charge in [-0.1, -0.05) is 30.3 Å². The summed E-state index contributed by atoms with van der Waals surface area (Å²) in [5, 5.41) is 0. The molecule has 0 unspecified atom stereocenters. The summed E-state index contributed by atoms with van der Waals surface area (Å²) in [7, 11) is -4.03. The Hall–Kier alpha value is -3.19. The number of ether oxygens (including phenoxy) is 2. The molecule has 0 bridgehead atoms. The van der Waals surface area contributed by atoms with E-state index in [-0.39, 0.29) is 24.5 Å². The summed E-state index contributed by atoms with van der Waals surface area (Å²) in [5.41, 5.74) is 0.444. The molecule has 0 N–H and O–H groups in total. The minimum absolute atomic E-state index is 0.150. The van der Waals surface area contributed by atoms with Crippen molar-refractivity contribution in [3.05, 3.63) is 65.5 Å². The summed E-state index contributed by atoms with van der Waals surface area (Å²) in [6.07, 6.45) is 1.19. The highest BCUT2D eigenvalue weighted by Crippen LogP contribution is 2.33. The van der Waals surface area contributed by atoms with Crippen LogP contribution in [0.4, 0.5) is 4.39 Å². The van der Waals surface area contributed by atoms with Crippen molar-refractivity contribution in [1.29, 1.82) is 0 Å². The second kappa shape index (κ2) is 10.5. The number of amides is 3. The molecular weight excluding hydrogens is 517 g/mol. The van der Waals surface area contributed by atoms with E-state index in [1.54, 1.807) is 0 Å². The van der Waals surface area contributed by atoms with Crippen LogP contribution in [-0.4, -0.2) is 92.0 Å². The Labute approximate surface area is 219 Å². The van der Waals surface area contributed by atoms with E-state index in [1.165, 1.54) is 4.31 Å². The van der Waals surface area contributed by atoms with Gasteiger partial charge < -0.3 is 14.4 Å². The molecule has 0 atom stereocenters. The fourth-order valence-corrected chi connectivity index (χ4v) is 6.44. The van der Waals surface area contributed by atoms with Gasteiger partial charge in [0.05, 0.1) is 23.7 Å². The summed E-state index contributed by atoms with van der Waals surface area (Å²) in [6.45, 7) is 0.561. The van der Waals surface area contributed by atoms with Gasteiger partial charge in [0, 0.05) is 32.5 Å². The van der Waals surface area contributed by atoms with E-state index in [2.05, 4.69) is 0 Å². The molecule has 38 heavy (non-hydrogen) atoms. The van der Waals surface area contributed by atoms with Crippen molar-refractivity contribution < 1.29 is 36.7 Å². The first-order valence-corrected chi connectivity index (χ1v) is 13.9. The highest BCUT2D eigenvalue weighted by molar-refractivity contribution is 7.89. The molecule has 10 nitrogen and oxygen atoms in total. The van der Waals surface area contributed by atoms with Crippen molar-refractivity contribution in [1.82, 2.24) is 14.1 Å². The van der Waals surface area contributed by atoms with Crippen molar-refractivity contribution in [2.45, 2.75) is 29.9 Å². The number of carbonyl (C=O) groups excluding carboxylic acids is 3. The summed E-state index contributed by atoms with van der Waals surface area (Å²) >= 11 is 0. The van der Waals surface area contributed by atoms with Gasteiger partial charge in [-0.05, 0) is 30.2 Å². The third-order valence-electron chi connectivity index (χ3n) is 7.11. The molecule has 2 aromatic rings. The molecule has 12 heteroatoms. The molecule has 0 radical (unpaired) electrons. The standard InChI is InChI=1S/C26H28FN3O7S/c27-22-7-6-20(38(34,35)29-12-9-26(10-13-29)36-14-15-37-26)16-21(22)25(33)28-17-23(31)30(24(32)18-28)11-8-19-4-2-1-3-5-19/h1-7,16H,8-15,17-18H2. The zero-order chi connectivity index (χ0) is 26.9. The van der Waals surface area contributed by atoms with Gasteiger partial charge >= 0.3 is 0 Å². The molecule has 3 aliphatic heterocycles. The maximum absolute atomic E-state index is 14.7. The Morgan fingerprint density at radius 2 is 1.58 bits per heavy atom. The molecule has 3 fully saturated rings. The topological polar surface area (TPSA) is 114 Å². The van der Waals surface area contributed by atoms with E-state index in [0.29, 0.717) is 32.5 Å². The van der Waals surface area contributed by atoms with Crippen LogP contribution in [0, 0.1) is 5.82 Å². The summed E-state index contributed by atoms with van der Waals surface area (Å²) in [4.78, 5) is 40.3. The Bertz CT molecular complexity index is 1320. The van der Waals surface area contributed by atoms with Crippen LogP contribution in [0.3, 0.4) is 0 Å². The summed E-state index contributed by atoms with van der Waals surface area (Å²) < 4.78 is 53.8. The third kappa shape index (κ3) is 5.21. The van der Waals surface area contributed by atoms with Gasteiger partial charge in [-0.25, -0.2) is 12.8 Å². The first kappa shape index (κ1) is 26.4. The Morgan fingerprint density at radius 3 is 2.21 bits per heavy atom. The summed E-state index contributed by atoms with van der Waals surface area (Å²) in [6, 6.07) is 12.3. The number of imide groups is 1. The predicted molar refractivity (Wildman–Crippen MR) is 132 cm³/mol. The molecule has 3 saturated heterocycles. The molecule has 202 valence electrons. The number of piperazine rings is 1. The van der Waals surface area contributed by atoms with Crippen LogP contribution in [0.25, 0.3) is 0 Å². The van der Waals surface area contributed by atoms with Crippen LogP contribution in [-0.2, 0) is 35.5 Å². The normalized spacial score (nSPS) is 20.3. The number of carbonyl (C=O) groups is 3. The lowest BCUT2D eigenvalue weighted by molar-refractivity contribution is -0.179. The molecule has 3 amide bonds. The van der Waals surface area contributed by atoms with Crippen LogP contribution in [0.2, 0.25) is 0 Å². The highest BCUT2D eigenvalue weighted by atomic mass is 32.2. The molecule has 0 aromatic heterocycles. The maximum Gasteiger partial charge on any atom is 0.257 e. The van der Waals surface area contributed by atoms with Gasteiger partial charge in [0.25, 0.3) is 5.91 Å². The van der Waals surface area contributed by atoms with E-state index in [9.17, 15) is 27.2 Å². The van der Waals surface area contributed by atoms with Crippen LogP contribution in [0.1, 0.15) is 28.8 Å². The SMILES string of the molecule is O=C(c1cc(S(=O)(=O)N2CCC3(CC2)OCCO3)ccc1F)N1CC(=O)N(CCc2ccccc2)C(=O)C1. The zero-order valence-corrected chi connectivity index (χ0v) is 21.5. The number of rotatable bonds is 6. The number of hydrogen-bond donors (Lipinski definition) is 0. The molecule has 3 heterocycles. The van der Waals surface area contributed by atoms with Gasteiger partial charge in [0.1, 0.15) is 18.9 Å². The van der Waals surface area contributed by atoms with Crippen molar-refractivity contribution in [2.24, 2.45) is 0 Å². The van der Waals surface area contributed by atoms with Crippen LogP contribution >= 0.6 is 0 Å². The van der Waals surface area contributed by atoms with Crippen molar-refractivity contribution in [2.75, 3.05) is 45.9 Å². The van der Waals surface area contributed by atoms with Gasteiger partial charge in [0.2, 0.25) is 21.8 Å². The van der Waals surface area contributed by atoms with Crippen molar-refractivity contribution in [3.63, 3.8) is 0 Å². The third-order valence-corrected chi connectivity index (χ3v) is 9.01. The first-order valence-electron chi connectivity index (χ1n) is 12.4. The van der Waals surface area contributed by atoms with Crippen LogP contribution < -0.4 is 0 Å². The second-order valence-electron chi connectivity index (χ2n) is 9.49. The van der Waals surface area contributed by atoms with Gasteiger partial charge in [0.15, 0.2) is 5.79 Å². The monoisotopic (exact) mass is 545 g/mol. The predicted octanol–water partition coefficient (Wildman–Crippen LogP) is 1.41. The second-order valence-corrected chi connectivity index (χ2v) is 11.4. The molecule has 1 spiro atoms. The minimum atomic E-state index is -4.03. The lowest BCUT2D eigenvalue weighted by Gasteiger charge is -2.36. The lowest BCUT2D eigenvalue weighted by atomic mass is 10.1. The van der Waals surface area contributed by atoms with Crippen LogP contribution in [0.5, 0.6) is 0 Å². The maximum atomic E-state index is 14.7. The molecule has 5 rings (SSSR count). The Kier molecular flexibility index (Phi) is 7.32. The smallest absolute Gasteiger partial charge is 0.257 e. The number of benzene rings is 2. The van der Waals surface area contributed by atoms with E-state index >= 15 is 0 Å². The van der Waals surface area contributed by atoms with E-state index < -0.39 is 58.0 Å². The fraction of sp³-hybridized carbons (Fsp3) is 0.423. The molecule has 2 aromatic carbocycles. The summed E-state index contributed by atoms with van der Waals surface area (Å²) in [5.74, 6) is -3.78. The minimum Gasteiger partial charge on any atom is -0.347 e. The van der Waals surface area contributed by atoms with E-state index in [1.807, 2.05) is 30.3 Å². The molecule has 0 aliphatic carbocycles. The lowest BCUT2D eigenvalue weighted by Crippen LogP contribution is -2.56. The highest BCUT2D eigenvalue weighted by Gasteiger charge is 2.43. The largest absolute Gasteiger partial charge is 0.347 e. The van der Waals surface area contributed by atoms with E-state index in [4.69, 9.17) is 9.47 Å². The number of hydrogen-bond acceptors (Lipinski definition) is 7. The van der Waals surface area contributed by atoms with Crippen molar-refractivity contribution in [3.8, 4) is 0 Å².